The maximum atomic E-state index is 11.5. The summed E-state index contributed by atoms with van der Waals surface area (Å²) < 4.78 is 10.7. The second-order valence-electron chi connectivity index (χ2n) is 5.32. The number of furan rings is 1. The Labute approximate surface area is 120 Å². The Morgan fingerprint density at radius 1 is 1.55 bits per heavy atom. The van der Waals surface area contributed by atoms with Crippen LogP contribution in [0.2, 0.25) is 0 Å². The Bertz CT molecular complexity index is 429. The van der Waals surface area contributed by atoms with Crippen LogP contribution in [-0.2, 0) is 11.3 Å². The van der Waals surface area contributed by atoms with Gasteiger partial charge in [0.15, 0.2) is 5.76 Å². The van der Waals surface area contributed by atoms with Gasteiger partial charge in [-0.05, 0) is 18.9 Å². The van der Waals surface area contributed by atoms with Crippen molar-refractivity contribution < 1.29 is 13.9 Å². The van der Waals surface area contributed by atoms with Crippen molar-refractivity contribution >= 4 is 5.91 Å². The van der Waals surface area contributed by atoms with Gasteiger partial charge >= 0.3 is 5.91 Å². The lowest BCUT2D eigenvalue weighted by Gasteiger charge is -2.22. The van der Waals surface area contributed by atoms with Gasteiger partial charge in [0.2, 0.25) is 0 Å². The van der Waals surface area contributed by atoms with Gasteiger partial charge in [0, 0.05) is 25.8 Å². The summed E-state index contributed by atoms with van der Waals surface area (Å²) in [6.07, 6.45) is 0. The molecule has 0 saturated carbocycles. The van der Waals surface area contributed by atoms with Gasteiger partial charge in [0.1, 0.15) is 5.76 Å². The zero-order chi connectivity index (χ0) is 15.1. The molecule has 0 aliphatic heterocycles. The van der Waals surface area contributed by atoms with Crippen LogP contribution in [0.25, 0.3) is 0 Å². The zero-order valence-electron chi connectivity index (χ0n) is 12.7. The van der Waals surface area contributed by atoms with Crippen molar-refractivity contribution in [3.63, 3.8) is 0 Å². The van der Waals surface area contributed by atoms with Gasteiger partial charge in [-0.15, -0.1) is 0 Å². The topological polar surface area (TPSA) is 80.7 Å². The minimum Gasteiger partial charge on any atom is -0.454 e. The zero-order valence-corrected chi connectivity index (χ0v) is 12.7. The molecule has 0 spiro atoms. The molecule has 1 aromatic heterocycles. The molecule has 6 nitrogen and oxygen atoms in total. The standard InChI is InChI=1S/C14H25N3O3/c1-10(2)8-17(5-6-19-4)9-12-7-11(3)13(20-12)14(18)16-15/h7,10H,5-6,8-9,15H2,1-4H3,(H,16,18). The minimum atomic E-state index is -0.402. The van der Waals surface area contributed by atoms with E-state index in [1.165, 1.54) is 0 Å². The van der Waals surface area contributed by atoms with Crippen LogP contribution in [0.3, 0.4) is 0 Å². The molecule has 114 valence electrons. The Hall–Kier alpha value is -1.37. The number of methoxy groups -OCH3 is 1. The molecule has 0 saturated heterocycles. The van der Waals surface area contributed by atoms with E-state index in [0.29, 0.717) is 19.1 Å². The smallest absolute Gasteiger partial charge is 0.301 e. The number of hydrogen-bond donors (Lipinski definition) is 2. The Balaban J connectivity index is 2.74. The predicted octanol–water partition coefficient (Wildman–Crippen LogP) is 1.30. The fraction of sp³-hybridized carbons (Fsp3) is 0.643. The molecule has 1 heterocycles. The van der Waals surface area contributed by atoms with Crippen LogP contribution in [-0.4, -0.2) is 37.6 Å². The molecular weight excluding hydrogens is 258 g/mol. The first-order valence-corrected chi connectivity index (χ1v) is 6.79. The molecule has 0 atom stereocenters. The van der Waals surface area contributed by atoms with Crippen molar-refractivity contribution in [3.8, 4) is 0 Å². The number of ether oxygens (including phenoxy) is 1. The number of rotatable bonds is 8. The van der Waals surface area contributed by atoms with Gasteiger partial charge in [-0.3, -0.25) is 15.1 Å². The number of hydrogen-bond acceptors (Lipinski definition) is 5. The molecule has 0 radical (unpaired) electrons. The van der Waals surface area contributed by atoms with E-state index in [9.17, 15) is 4.79 Å². The van der Waals surface area contributed by atoms with Crippen molar-refractivity contribution in [3.05, 3.63) is 23.2 Å². The van der Waals surface area contributed by atoms with Crippen LogP contribution in [0.1, 0.15) is 35.7 Å². The highest BCUT2D eigenvalue weighted by Crippen LogP contribution is 2.16. The lowest BCUT2D eigenvalue weighted by molar-refractivity contribution is 0.0918. The predicted molar refractivity (Wildman–Crippen MR) is 77.1 cm³/mol. The summed E-state index contributed by atoms with van der Waals surface area (Å²) in [7, 11) is 1.69. The van der Waals surface area contributed by atoms with Crippen molar-refractivity contribution in [2.45, 2.75) is 27.3 Å². The van der Waals surface area contributed by atoms with Crippen molar-refractivity contribution in [2.75, 3.05) is 26.8 Å². The highest BCUT2D eigenvalue weighted by atomic mass is 16.5. The number of carbonyl (C=O) groups excluding carboxylic acids is 1. The molecule has 1 amide bonds. The van der Waals surface area contributed by atoms with Crippen LogP contribution < -0.4 is 11.3 Å². The summed E-state index contributed by atoms with van der Waals surface area (Å²) in [6, 6.07) is 1.88. The second kappa shape index (κ2) is 8.04. The summed E-state index contributed by atoms with van der Waals surface area (Å²) in [5, 5.41) is 0. The Morgan fingerprint density at radius 2 is 2.25 bits per heavy atom. The van der Waals surface area contributed by atoms with Gasteiger partial charge in [-0.2, -0.15) is 0 Å². The van der Waals surface area contributed by atoms with E-state index in [4.69, 9.17) is 15.0 Å². The lowest BCUT2D eigenvalue weighted by Crippen LogP contribution is -2.31. The average molecular weight is 283 g/mol. The van der Waals surface area contributed by atoms with E-state index in [0.717, 1.165) is 24.4 Å². The third-order valence-electron chi connectivity index (χ3n) is 2.92. The third kappa shape index (κ3) is 4.96. The van der Waals surface area contributed by atoms with Crippen molar-refractivity contribution in [2.24, 2.45) is 11.8 Å². The van der Waals surface area contributed by atoms with E-state index in [-0.39, 0.29) is 5.76 Å². The molecule has 0 aliphatic rings. The van der Waals surface area contributed by atoms with Crippen LogP contribution in [0.15, 0.2) is 10.5 Å². The largest absolute Gasteiger partial charge is 0.454 e. The summed E-state index contributed by atoms with van der Waals surface area (Å²) in [4.78, 5) is 13.8. The van der Waals surface area contributed by atoms with E-state index < -0.39 is 5.91 Å². The molecule has 1 rings (SSSR count). The number of nitrogens with two attached hydrogens (primary N) is 1. The first-order chi connectivity index (χ1) is 9.47. The molecule has 0 unspecified atom stereocenters. The SMILES string of the molecule is COCCN(Cc1cc(C)c(C(=O)NN)o1)CC(C)C. The normalized spacial score (nSPS) is 11.3. The maximum Gasteiger partial charge on any atom is 0.301 e. The molecule has 3 N–H and O–H groups in total. The third-order valence-corrected chi connectivity index (χ3v) is 2.92. The first kappa shape index (κ1) is 16.7. The fourth-order valence-corrected chi connectivity index (χ4v) is 2.11. The summed E-state index contributed by atoms with van der Waals surface area (Å²) in [5.41, 5.74) is 2.88. The fourth-order valence-electron chi connectivity index (χ4n) is 2.11. The van der Waals surface area contributed by atoms with Gasteiger partial charge in [0.05, 0.1) is 13.2 Å². The molecule has 0 aromatic carbocycles. The molecular formula is C14H25N3O3. The molecule has 6 heteroatoms. The molecule has 20 heavy (non-hydrogen) atoms. The van der Waals surface area contributed by atoms with Gasteiger partial charge in [0.25, 0.3) is 0 Å². The number of aryl methyl sites for hydroxylation is 1. The Morgan fingerprint density at radius 3 is 2.80 bits per heavy atom. The van der Waals surface area contributed by atoms with Gasteiger partial charge in [-0.1, -0.05) is 13.8 Å². The maximum absolute atomic E-state index is 11.5. The van der Waals surface area contributed by atoms with Gasteiger partial charge < -0.3 is 9.15 Å². The first-order valence-electron chi connectivity index (χ1n) is 6.79. The number of amides is 1. The monoisotopic (exact) mass is 283 g/mol. The molecule has 0 aliphatic carbocycles. The number of nitrogens with zero attached hydrogens (tertiary/aromatic N) is 1. The summed E-state index contributed by atoms with van der Waals surface area (Å²) in [5.74, 6) is 6.32. The van der Waals surface area contributed by atoms with E-state index in [1.807, 2.05) is 13.0 Å². The molecule has 0 bridgehead atoms. The van der Waals surface area contributed by atoms with Crippen LogP contribution >= 0.6 is 0 Å². The van der Waals surface area contributed by atoms with Crippen molar-refractivity contribution in [1.29, 1.82) is 0 Å². The summed E-state index contributed by atoms with van der Waals surface area (Å²) >= 11 is 0. The highest BCUT2D eigenvalue weighted by Gasteiger charge is 2.17. The van der Waals surface area contributed by atoms with Crippen LogP contribution in [0.4, 0.5) is 0 Å². The minimum absolute atomic E-state index is 0.277. The molecule has 1 aromatic rings. The molecule has 0 fully saturated rings. The lowest BCUT2D eigenvalue weighted by atomic mass is 10.2. The van der Waals surface area contributed by atoms with E-state index >= 15 is 0 Å². The van der Waals surface area contributed by atoms with Gasteiger partial charge in [-0.25, -0.2) is 5.84 Å². The average Bonchev–Trinajstić information content (AvgIpc) is 2.75. The Kier molecular flexibility index (Phi) is 6.70. The second-order valence-corrected chi connectivity index (χ2v) is 5.32. The van der Waals surface area contributed by atoms with Crippen molar-refractivity contribution in [1.82, 2.24) is 10.3 Å². The van der Waals surface area contributed by atoms with Crippen LogP contribution in [0.5, 0.6) is 0 Å². The summed E-state index contributed by atoms with van der Waals surface area (Å²) in [6.45, 7) is 9.26. The number of hydrazine groups is 1. The number of nitrogens with one attached hydrogen (secondary N) is 1. The van der Waals surface area contributed by atoms with Crippen LogP contribution in [0, 0.1) is 12.8 Å². The van der Waals surface area contributed by atoms with E-state index in [2.05, 4.69) is 24.2 Å². The highest BCUT2D eigenvalue weighted by molar-refractivity contribution is 5.92. The number of nitrogen functional groups attached to an aromatic ring is 1. The quantitative estimate of drug-likeness (QED) is 0.427. The van der Waals surface area contributed by atoms with E-state index in [1.54, 1.807) is 7.11 Å². The number of carbonyl (C=O) groups is 1.